The van der Waals surface area contributed by atoms with E-state index in [1.54, 1.807) is 0 Å². The van der Waals surface area contributed by atoms with Crippen molar-refractivity contribution in [2.24, 2.45) is 12.5 Å². The lowest BCUT2D eigenvalue weighted by molar-refractivity contribution is -0.104. The first-order valence-electron chi connectivity index (χ1n) is 15.6. The number of hydrogen-bond acceptors (Lipinski definition) is 5. The third-order valence-electron chi connectivity index (χ3n) is 9.65. The molecule has 2 aliphatic rings. The molecule has 5 aromatic rings. The van der Waals surface area contributed by atoms with E-state index in [1.165, 1.54) is 5.56 Å². The van der Waals surface area contributed by atoms with E-state index in [0.717, 1.165) is 106 Å². The van der Waals surface area contributed by atoms with Crippen LogP contribution in [0.3, 0.4) is 0 Å². The summed E-state index contributed by atoms with van der Waals surface area (Å²) in [7, 11) is 2.07. The highest BCUT2D eigenvalue weighted by molar-refractivity contribution is 6.36. The molecule has 7 heteroatoms. The van der Waals surface area contributed by atoms with Crippen LogP contribution in [0, 0.1) is 12.3 Å². The van der Waals surface area contributed by atoms with Gasteiger partial charge in [-0.25, -0.2) is 4.98 Å². The number of aromatic nitrogens is 4. The zero-order valence-electron chi connectivity index (χ0n) is 26.6. The normalized spacial score (nSPS) is 15.7. The summed E-state index contributed by atoms with van der Waals surface area (Å²) >= 11 is 7.18. The van der Waals surface area contributed by atoms with Gasteiger partial charge in [0.05, 0.1) is 39.3 Å². The van der Waals surface area contributed by atoms with Gasteiger partial charge in [-0.15, -0.1) is 0 Å². The maximum Gasteiger partial charge on any atom is 0.0913 e. The van der Waals surface area contributed by atoms with E-state index in [9.17, 15) is 0 Å². The SMILES string of the molecule is C=Cc1nc(-c2cccc(-c3cccc(-c4cnc5c(CC)cn(C)c5c4)c3Cl)c2C)cnc1CN1CC2(C1)CN(C(=C)C)C2. The first-order chi connectivity index (χ1) is 21.7. The standard InChI is InChI=1S/C38H39ClN6/c1-7-26-18-43(6)35-15-27(16-41-37(26)35)30-13-10-14-31(36(30)39)28-11-9-12-29(25(28)5)33-17-40-34(32(8-2)42-33)19-44-20-38(21-44)22-45(23-38)24(3)4/h8-18H,2-3,7,19-23H2,1,4-6H3. The summed E-state index contributed by atoms with van der Waals surface area (Å²) in [6.45, 7) is 19.7. The molecule has 1 spiro atoms. The molecule has 2 aliphatic heterocycles. The monoisotopic (exact) mass is 614 g/mol. The quantitative estimate of drug-likeness (QED) is 0.176. The van der Waals surface area contributed by atoms with E-state index in [2.05, 4.69) is 104 Å². The molecule has 2 saturated heterocycles. The van der Waals surface area contributed by atoms with E-state index in [1.807, 2.05) is 18.5 Å². The van der Waals surface area contributed by atoms with Gasteiger partial charge in [-0.05, 0) is 49.1 Å². The van der Waals surface area contributed by atoms with E-state index in [4.69, 9.17) is 26.6 Å². The topological polar surface area (TPSA) is 50.1 Å². The van der Waals surface area contributed by atoms with Gasteiger partial charge >= 0.3 is 0 Å². The number of likely N-dealkylation sites (tertiary alicyclic amines) is 2. The van der Waals surface area contributed by atoms with Gasteiger partial charge in [0.15, 0.2) is 0 Å². The van der Waals surface area contributed by atoms with E-state index >= 15 is 0 Å². The highest BCUT2D eigenvalue weighted by atomic mass is 35.5. The van der Waals surface area contributed by atoms with Crippen molar-refractivity contribution in [3.8, 4) is 33.5 Å². The average Bonchev–Trinajstić information content (AvgIpc) is 3.32. The summed E-state index contributed by atoms with van der Waals surface area (Å²) < 4.78 is 2.14. The Kier molecular flexibility index (Phi) is 7.38. The molecule has 0 amide bonds. The van der Waals surface area contributed by atoms with Crippen LogP contribution in [0.5, 0.6) is 0 Å². The Balaban J connectivity index is 1.16. The molecule has 45 heavy (non-hydrogen) atoms. The molecule has 0 unspecified atom stereocenters. The molecular weight excluding hydrogens is 576 g/mol. The minimum absolute atomic E-state index is 0.417. The Labute approximate surface area is 270 Å². The first kappa shape index (κ1) is 29.5. The van der Waals surface area contributed by atoms with Gasteiger partial charge in [0.25, 0.3) is 0 Å². The Hall–Kier alpha value is -4.26. The Morgan fingerprint density at radius 2 is 1.71 bits per heavy atom. The molecule has 0 radical (unpaired) electrons. The fourth-order valence-corrected chi connectivity index (χ4v) is 7.55. The molecule has 228 valence electrons. The average molecular weight is 615 g/mol. The summed E-state index contributed by atoms with van der Waals surface area (Å²) in [4.78, 5) is 19.6. The number of allylic oxidation sites excluding steroid dienone is 1. The molecule has 6 nitrogen and oxygen atoms in total. The highest BCUT2D eigenvalue weighted by Crippen LogP contribution is 2.42. The second-order valence-electron chi connectivity index (χ2n) is 12.9. The summed E-state index contributed by atoms with van der Waals surface area (Å²) in [6, 6.07) is 14.7. The zero-order valence-corrected chi connectivity index (χ0v) is 27.3. The van der Waals surface area contributed by atoms with Crippen LogP contribution >= 0.6 is 11.6 Å². The van der Waals surface area contributed by atoms with Crippen molar-refractivity contribution < 1.29 is 0 Å². The molecule has 0 N–H and O–H groups in total. The van der Waals surface area contributed by atoms with Gasteiger partial charge in [0, 0.05) is 85.5 Å². The van der Waals surface area contributed by atoms with Crippen molar-refractivity contribution in [2.45, 2.75) is 33.7 Å². The number of fused-ring (bicyclic) bond motifs is 1. The van der Waals surface area contributed by atoms with Crippen LogP contribution in [0.15, 0.2) is 79.9 Å². The van der Waals surface area contributed by atoms with Crippen LogP contribution in [-0.4, -0.2) is 55.5 Å². The number of halogens is 1. The summed E-state index contributed by atoms with van der Waals surface area (Å²) in [5, 5.41) is 0.710. The van der Waals surface area contributed by atoms with Crippen molar-refractivity contribution in [2.75, 3.05) is 26.2 Å². The molecular formula is C38H39ClN6. The molecule has 5 heterocycles. The second-order valence-corrected chi connectivity index (χ2v) is 13.3. The Morgan fingerprint density at radius 1 is 1.00 bits per heavy atom. The molecule has 2 aromatic carbocycles. The van der Waals surface area contributed by atoms with Crippen LogP contribution < -0.4 is 0 Å². The Morgan fingerprint density at radius 3 is 2.42 bits per heavy atom. The van der Waals surface area contributed by atoms with Gasteiger partial charge < -0.3 is 9.47 Å². The van der Waals surface area contributed by atoms with Crippen molar-refractivity contribution in [1.82, 2.24) is 29.3 Å². The third kappa shape index (κ3) is 5.06. The van der Waals surface area contributed by atoms with Gasteiger partial charge in [0.1, 0.15) is 0 Å². The lowest BCUT2D eigenvalue weighted by Crippen LogP contribution is -2.71. The maximum absolute atomic E-state index is 7.18. The van der Waals surface area contributed by atoms with Crippen LogP contribution in [0.1, 0.15) is 36.4 Å². The Bertz CT molecular complexity index is 1970. The van der Waals surface area contributed by atoms with Crippen molar-refractivity contribution in [3.63, 3.8) is 0 Å². The number of rotatable bonds is 8. The molecule has 2 fully saturated rings. The minimum Gasteiger partial charge on any atom is -0.374 e. The lowest BCUT2D eigenvalue weighted by Gasteiger charge is -2.61. The number of benzene rings is 2. The van der Waals surface area contributed by atoms with Crippen molar-refractivity contribution in [1.29, 1.82) is 0 Å². The molecule has 7 rings (SSSR count). The molecule has 0 bridgehead atoms. The highest BCUT2D eigenvalue weighted by Gasteiger charge is 2.51. The predicted molar refractivity (Wildman–Crippen MR) is 186 cm³/mol. The lowest BCUT2D eigenvalue weighted by atomic mass is 9.72. The van der Waals surface area contributed by atoms with E-state index in [0.29, 0.717) is 10.4 Å². The predicted octanol–water partition coefficient (Wildman–Crippen LogP) is 8.18. The fraction of sp³-hybridized carbons (Fsp3) is 0.289. The van der Waals surface area contributed by atoms with Crippen molar-refractivity contribution >= 4 is 28.7 Å². The maximum atomic E-state index is 7.18. The summed E-state index contributed by atoms with van der Waals surface area (Å²) in [5.74, 6) is 0. The minimum atomic E-state index is 0.417. The summed E-state index contributed by atoms with van der Waals surface area (Å²) in [5.41, 5.74) is 13.8. The second kappa shape index (κ2) is 11.3. The zero-order chi connectivity index (χ0) is 31.5. The van der Waals surface area contributed by atoms with Gasteiger partial charge in [-0.3, -0.25) is 14.9 Å². The van der Waals surface area contributed by atoms with Crippen LogP contribution in [0.2, 0.25) is 5.02 Å². The summed E-state index contributed by atoms with van der Waals surface area (Å²) in [6.07, 6.45) is 8.78. The molecule has 3 aromatic heterocycles. The van der Waals surface area contributed by atoms with Crippen LogP contribution in [0.4, 0.5) is 0 Å². The van der Waals surface area contributed by atoms with E-state index < -0.39 is 0 Å². The molecule has 0 aliphatic carbocycles. The van der Waals surface area contributed by atoms with Gasteiger partial charge in [-0.1, -0.05) is 68.1 Å². The van der Waals surface area contributed by atoms with Crippen LogP contribution in [0.25, 0.3) is 50.6 Å². The number of nitrogens with zero attached hydrogens (tertiary/aromatic N) is 6. The molecule has 0 atom stereocenters. The van der Waals surface area contributed by atoms with Crippen LogP contribution in [-0.2, 0) is 20.0 Å². The van der Waals surface area contributed by atoms with Crippen molar-refractivity contribution in [3.05, 3.63) is 107 Å². The molecule has 0 saturated carbocycles. The number of pyridine rings is 1. The van der Waals surface area contributed by atoms with E-state index in [-0.39, 0.29) is 0 Å². The third-order valence-corrected chi connectivity index (χ3v) is 10.1. The first-order valence-corrected chi connectivity index (χ1v) is 16.0. The number of hydrogen-bond donors (Lipinski definition) is 0. The number of aryl methyl sites for hydroxylation is 2. The smallest absolute Gasteiger partial charge is 0.0913 e. The largest absolute Gasteiger partial charge is 0.374 e. The van der Waals surface area contributed by atoms with Gasteiger partial charge in [-0.2, -0.15) is 0 Å². The fourth-order valence-electron chi connectivity index (χ4n) is 7.21. The van der Waals surface area contributed by atoms with Gasteiger partial charge in [0.2, 0.25) is 0 Å².